The molecular formula is C15H23N3O5S. The maximum absolute atomic E-state index is 12.2. The topological polar surface area (TPSA) is 128 Å². The minimum absolute atomic E-state index is 0.0337. The number of hydrogen-bond donors (Lipinski definition) is 3. The summed E-state index contributed by atoms with van der Waals surface area (Å²) in [6.45, 7) is 3.96. The second-order valence-corrected chi connectivity index (χ2v) is 6.85. The zero-order chi connectivity index (χ0) is 18.3. The van der Waals surface area contributed by atoms with Crippen LogP contribution >= 0.6 is 0 Å². The molecule has 0 radical (unpaired) electrons. The molecule has 8 nitrogen and oxygen atoms in total. The number of amides is 2. The molecule has 0 aliphatic heterocycles. The monoisotopic (exact) mass is 357 g/mol. The SMILES string of the molecule is CCC(C)NC(=O)CCNC(=O)c1cc(S(N)(=O)=O)ccc1OC. The quantitative estimate of drug-likeness (QED) is 0.619. The van der Waals surface area contributed by atoms with E-state index in [9.17, 15) is 18.0 Å². The standard InChI is InChI=1S/C15H23N3O5S/c1-4-10(2)18-14(19)7-8-17-15(20)12-9-11(24(16,21)22)5-6-13(12)23-3/h5-6,9-10H,4,7-8H2,1-3H3,(H,17,20)(H,18,19)(H2,16,21,22). The summed E-state index contributed by atoms with van der Waals surface area (Å²) in [5, 5.41) is 10.4. The summed E-state index contributed by atoms with van der Waals surface area (Å²) in [6.07, 6.45) is 0.933. The van der Waals surface area contributed by atoms with Gasteiger partial charge < -0.3 is 15.4 Å². The Labute approximate surface area is 141 Å². The molecule has 1 atom stereocenters. The first kappa shape index (κ1) is 19.9. The van der Waals surface area contributed by atoms with E-state index in [1.165, 1.54) is 19.2 Å². The summed E-state index contributed by atoms with van der Waals surface area (Å²) < 4.78 is 27.8. The Morgan fingerprint density at radius 3 is 2.54 bits per heavy atom. The second-order valence-electron chi connectivity index (χ2n) is 5.29. The summed E-state index contributed by atoms with van der Waals surface area (Å²) in [5.41, 5.74) is 0.0337. The minimum Gasteiger partial charge on any atom is -0.496 e. The lowest BCUT2D eigenvalue weighted by molar-refractivity contribution is -0.121. The maximum Gasteiger partial charge on any atom is 0.255 e. The van der Waals surface area contributed by atoms with Gasteiger partial charge >= 0.3 is 0 Å². The average molecular weight is 357 g/mol. The van der Waals surface area contributed by atoms with Crippen molar-refractivity contribution in [3.05, 3.63) is 23.8 Å². The third kappa shape index (κ3) is 5.82. The largest absolute Gasteiger partial charge is 0.496 e. The third-order valence-electron chi connectivity index (χ3n) is 3.40. The fourth-order valence-electron chi connectivity index (χ4n) is 1.88. The number of primary sulfonamides is 1. The molecule has 24 heavy (non-hydrogen) atoms. The number of hydrogen-bond acceptors (Lipinski definition) is 5. The number of rotatable bonds is 8. The lowest BCUT2D eigenvalue weighted by Crippen LogP contribution is -2.35. The van der Waals surface area contributed by atoms with Crippen LogP contribution in [0.3, 0.4) is 0 Å². The molecule has 0 aromatic heterocycles. The van der Waals surface area contributed by atoms with Crippen molar-refractivity contribution in [2.45, 2.75) is 37.6 Å². The molecule has 2 amide bonds. The lowest BCUT2D eigenvalue weighted by Gasteiger charge is -2.12. The first-order chi connectivity index (χ1) is 11.2. The van der Waals surface area contributed by atoms with Gasteiger partial charge in [0.1, 0.15) is 5.75 Å². The van der Waals surface area contributed by atoms with Gasteiger partial charge in [0.25, 0.3) is 5.91 Å². The van der Waals surface area contributed by atoms with Crippen molar-refractivity contribution >= 4 is 21.8 Å². The van der Waals surface area contributed by atoms with Crippen LogP contribution in [-0.2, 0) is 14.8 Å². The highest BCUT2D eigenvalue weighted by molar-refractivity contribution is 7.89. The Balaban J connectivity index is 2.75. The van der Waals surface area contributed by atoms with Crippen molar-refractivity contribution < 1.29 is 22.7 Å². The number of nitrogens with one attached hydrogen (secondary N) is 2. The van der Waals surface area contributed by atoms with Crippen molar-refractivity contribution in [1.29, 1.82) is 0 Å². The van der Waals surface area contributed by atoms with E-state index in [2.05, 4.69) is 10.6 Å². The van der Waals surface area contributed by atoms with Gasteiger partial charge in [-0.25, -0.2) is 13.6 Å². The zero-order valence-electron chi connectivity index (χ0n) is 14.0. The molecule has 1 aromatic rings. The van der Waals surface area contributed by atoms with Crippen LogP contribution in [0.1, 0.15) is 37.0 Å². The Bertz CT molecular complexity index is 703. The maximum atomic E-state index is 12.2. The summed E-state index contributed by atoms with van der Waals surface area (Å²) >= 11 is 0. The van der Waals surface area contributed by atoms with Gasteiger partial charge in [-0.05, 0) is 31.5 Å². The summed E-state index contributed by atoms with van der Waals surface area (Å²) in [4.78, 5) is 23.7. The Hall–Kier alpha value is -2.13. The lowest BCUT2D eigenvalue weighted by atomic mass is 10.2. The van der Waals surface area contributed by atoms with Crippen molar-refractivity contribution in [3.63, 3.8) is 0 Å². The molecule has 9 heteroatoms. The number of carbonyl (C=O) groups is 2. The van der Waals surface area contributed by atoms with Crippen LogP contribution in [0.25, 0.3) is 0 Å². The Morgan fingerprint density at radius 1 is 1.33 bits per heavy atom. The molecule has 134 valence electrons. The third-order valence-corrected chi connectivity index (χ3v) is 4.31. The van der Waals surface area contributed by atoms with Crippen LogP contribution < -0.4 is 20.5 Å². The average Bonchev–Trinajstić information content (AvgIpc) is 2.52. The van der Waals surface area contributed by atoms with Gasteiger partial charge in [0.2, 0.25) is 15.9 Å². The molecule has 0 saturated carbocycles. The van der Waals surface area contributed by atoms with Gasteiger partial charge in [0.05, 0.1) is 17.6 Å². The van der Waals surface area contributed by atoms with Crippen LogP contribution in [0.15, 0.2) is 23.1 Å². The van der Waals surface area contributed by atoms with E-state index in [-0.39, 0.29) is 41.1 Å². The van der Waals surface area contributed by atoms with Crippen molar-refractivity contribution in [1.82, 2.24) is 10.6 Å². The van der Waals surface area contributed by atoms with Crippen molar-refractivity contribution in [2.24, 2.45) is 5.14 Å². The number of sulfonamides is 1. The van der Waals surface area contributed by atoms with Crippen LogP contribution in [0.5, 0.6) is 5.75 Å². The van der Waals surface area contributed by atoms with E-state index in [0.29, 0.717) is 0 Å². The molecule has 1 aromatic carbocycles. The minimum atomic E-state index is -3.93. The molecule has 1 unspecified atom stereocenters. The van der Waals surface area contributed by atoms with E-state index in [1.54, 1.807) is 0 Å². The molecule has 0 bridgehead atoms. The van der Waals surface area contributed by atoms with Crippen molar-refractivity contribution in [3.8, 4) is 5.75 Å². The van der Waals surface area contributed by atoms with Gasteiger partial charge in [-0.3, -0.25) is 9.59 Å². The van der Waals surface area contributed by atoms with Crippen molar-refractivity contribution in [2.75, 3.05) is 13.7 Å². The highest BCUT2D eigenvalue weighted by atomic mass is 32.2. The van der Waals surface area contributed by atoms with E-state index in [4.69, 9.17) is 9.88 Å². The molecule has 0 aliphatic carbocycles. The Morgan fingerprint density at radius 2 is 2.00 bits per heavy atom. The molecule has 0 aliphatic rings. The summed E-state index contributed by atoms with van der Waals surface area (Å²) in [6, 6.07) is 3.82. The smallest absolute Gasteiger partial charge is 0.255 e. The normalized spacial score (nSPS) is 12.3. The molecule has 1 rings (SSSR count). The van der Waals surface area contributed by atoms with Crippen LogP contribution in [0.4, 0.5) is 0 Å². The van der Waals surface area contributed by atoms with E-state index < -0.39 is 15.9 Å². The van der Waals surface area contributed by atoms with Gasteiger partial charge in [0, 0.05) is 19.0 Å². The number of nitrogens with two attached hydrogens (primary N) is 1. The first-order valence-corrected chi connectivity index (χ1v) is 9.02. The van der Waals surface area contributed by atoms with Crippen LogP contribution in [0, 0.1) is 0 Å². The molecule has 0 heterocycles. The summed E-state index contributed by atoms with van der Waals surface area (Å²) in [7, 11) is -2.57. The molecule has 0 spiro atoms. The van der Waals surface area contributed by atoms with Gasteiger partial charge in [-0.15, -0.1) is 0 Å². The molecule has 0 saturated heterocycles. The number of benzene rings is 1. The van der Waals surface area contributed by atoms with Crippen LogP contribution in [0.2, 0.25) is 0 Å². The molecule has 4 N–H and O–H groups in total. The number of methoxy groups -OCH3 is 1. The fraction of sp³-hybridized carbons (Fsp3) is 0.467. The number of carbonyl (C=O) groups excluding carboxylic acids is 2. The van der Waals surface area contributed by atoms with Gasteiger partial charge in [-0.2, -0.15) is 0 Å². The highest BCUT2D eigenvalue weighted by Crippen LogP contribution is 2.21. The molecular weight excluding hydrogens is 334 g/mol. The number of ether oxygens (including phenoxy) is 1. The zero-order valence-corrected chi connectivity index (χ0v) is 14.8. The van der Waals surface area contributed by atoms with E-state index in [0.717, 1.165) is 12.5 Å². The highest BCUT2D eigenvalue weighted by Gasteiger charge is 2.17. The first-order valence-electron chi connectivity index (χ1n) is 7.47. The van der Waals surface area contributed by atoms with E-state index >= 15 is 0 Å². The summed E-state index contributed by atoms with van der Waals surface area (Å²) in [5.74, 6) is -0.507. The molecule has 0 fully saturated rings. The predicted octanol–water partition coefficient (Wildman–Crippen LogP) is 0.377. The Kier molecular flexibility index (Phi) is 7.18. The second kappa shape index (κ2) is 8.65. The fourth-order valence-corrected chi connectivity index (χ4v) is 2.42. The van der Waals surface area contributed by atoms with Gasteiger partial charge in [-0.1, -0.05) is 6.92 Å². The van der Waals surface area contributed by atoms with Crippen LogP contribution in [-0.4, -0.2) is 39.9 Å². The predicted molar refractivity (Wildman–Crippen MR) is 89.2 cm³/mol. The van der Waals surface area contributed by atoms with E-state index in [1.807, 2.05) is 13.8 Å². The van der Waals surface area contributed by atoms with Gasteiger partial charge in [0.15, 0.2) is 0 Å².